The number of nitrogens with one attached hydrogen (secondary N) is 2. The van der Waals surface area contributed by atoms with Crippen molar-refractivity contribution in [2.45, 2.75) is 19.9 Å². The Morgan fingerprint density at radius 3 is 2.10 bits per heavy atom. The summed E-state index contributed by atoms with van der Waals surface area (Å²) in [6, 6.07) is 19.6. The summed E-state index contributed by atoms with van der Waals surface area (Å²) in [6.45, 7) is 4.89. The molecule has 0 saturated carbocycles. The average molecular weight is 282 g/mol. The zero-order valence-electron chi connectivity index (χ0n) is 12.5. The minimum atomic E-state index is -0.0314. The molecular formula is C18H22N2O. The molecule has 0 saturated heterocycles. The lowest BCUT2D eigenvalue weighted by Crippen LogP contribution is -2.39. The van der Waals surface area contributed by atoms with Crippen molar-refractivity contribution in [1.82, 2.24) is 5.32 Å². The molecule has 0 radical (unpaired) electrons. The summed E-state index contributed by atoms with van der Waals surface area (Å²) in [6.07, 6.45) is 0. The van der Waals surface area contributed by atoms with E-state index >= 15 is 0 Å². The Morgan fingerprint density at radius 1 is 0.952 bits per heavy atom. The molecular weight excluding hydrogens is 260 g/mol. The first-order chi connectivity index (χ1) is 10.2. The lowest BCUT2D eigenvalue weighted by Gasteiger charge is -2.24. The second kappa shape index (κ2) is 7.48. The van der Waals surface area contributed by atoms with Gasteiger partial charge in [0.25, 0.3) is 5.91 Å². The fourth-order valence-corrected chi connectivity index (χ4v) is 2.10. The molecule has 2 N–H and O–H groups in total. The van der Waals surface area contributed by atoms with Gasteiger partial charge in [0.2, 0.25) is 0 Å². The number of para-hydroxylation sites is 1. The van der Waals surface area contributed by atoms with E-state index < -0.39 is 0 Å². The van der Waals surface area contributed by atoms with Crippen LogP contribution in [0, 0.1) is 5.92 Å². The summed E-state index contributed by atoms with van der Waals surface area (Å²) in [5.74, 6) is 0.386. The van der Waals surface area contributed by atoms with E-state index in [0.717, 1.165) is 5.69 Å². The highest BCUT2D eigenvalue weighted by molar-refractivity contribution is 5.94. The molecule has 0 unspecified atom stereocenters. The molecule has 0 aliphatic heterocycles. The van der Waals surface area contributed by atoms with Gasteiger partial charge >= 0.3 is 0 Å². The van der Waals surface area contributed by atoms with Gasteiger partial charge in [-0.25, -0.2) is 0 Å². The summed E-state index contributed by atoms with van der Waals surface area (Å²) in [4.78, 5) is 12.1. The molecule has 110 valence electrons. The molecule has 21 heavy (non-hydrogen) atoms. The van der Waals surface area contributed by atoms with Crippen molar-refractivity contribution in [3.63, 3.8) is 0 Å². The van der Waals surface area contributed by atoms with E-state index in [0.29, 0.717) is 18.0 Å². The largest absolute Gasteiger partial charge is 0.380 e. The van der Waals surface area contributed by atoms with Crippen LogP contribution >= 0.6 is 0 Å². The molecule has 3 heteroatoms. The van der Waals surface area contributed by atoms with Crippen molar-refractivity contribution in [2.75, 3.05) is 11.9 Å². The molecule has 2 aromatic carbocycles. The zero-order valence-corrected chi connectivity index (χ0v) is 12.5. The van der Waals surface area contributed by atoms with Crippen LogP contribution in [0.25, 0.3) is 0 Å². The van der Waals surface area contributed by atoms with Gasteiger partial charge in [-0.05, 0) is 30.2 Å². The van der Waals surface area contributed by atoms with E-state index in [-0.39, 0.29) is 11.9 Å². The summed E-state index contributed by atoms with van der Waals surface area (Å²) in [7, 11) is 0. The third-order valence-electron chi connectivity index (χ3n) is 3.45. The van der Waals surface area contributed by atoms with Gasteiger partial charge in [-0.2, -0.15) is 0 Å². The highest BCUT2D eigenvalue weighted by Crippen LogP contribution is 2.12. The van der Waals surface area contributed by atoms with E-state index in [1.165, 1.54) is 0 Å². The SMILES string of the molecule is CC(C)[C@H](CNC(=O)c1ccccc1)Nc1ccccc1. The number of amides is 1. The van der Waals surface area contributed by atoms with Crippen LogP contribution in [0.2, 0.25) is 0 Å². The van der Waals surface area contributed by atoms with Gasteiger partial charge in [-0.1, -0.05) is 50.2 Å². The Morgan fingerprint density at radius 2 is 1.52 bits per heavy atom. The van der Waals surface area contributed by atoms with Gasteiger partial charge in [0.15, 0.2) is 0 Å². The Hall–Kier alpha value is -2.29. The first-order valence-electron chi connectivity index (χ1n) is 7.31. The number of hydrogen-bond donors (Lipinski definition) is 2. The van der Waals surface area contributed by atoms with Crippen molar-refractivity contribution < 1.29 is 4.79 Å². The Labute approximate surface area is 126 Å². The third kappa shape index (κ3) is 4.63. The number of anilines is 1. The second-order valence-electron chi connectivity index (χ2n) is 5.44. The molecule has 0 bridgehead atoms. The van der Waals surface area contributed by atoms with E-state index in [9.17, 15) is 4.79 Å². The molecule has 1 atom stereocenters. The molecule has 1 amide bonds. The highest BCUT2D eigenvalue weighted by Gasteiger charge is 2.14. The lowest BCUT2D eigenvalue weighted by atomic mass is 10.0. The third-order valence-corrected chi connectivity index (χ3v) is 3.45. The highest BCUT2D eigenvalue weighted by atomic mass is 16.1. The van der Waals surface area contributed by atoms with Crippen LogP contribution in [0.5, 0.6) is 0 Å². The predicted octanol–water partition coefficient (Wildman–Crippen LogP) is 3.55. The first-order valence-corrected chi connectivity index (χ1v) is 7.31. The Balaban J connectivity index is 1.93. The van der Waals surface area contributed by atoms with Gasteiger partial charge in [0, 0.05) is 23.8 Å². The van der Waals surface area contributed by atoms with Crippen LogP contribution in [-0.2, 0) is 0 Å². The zero-order chi connectivity index (χ0) is 15.1. The van der Waals surface area contributed by atoms with Crippen LogP contribution in [0.15, 0.2) is 60.7 Å². The Bertz CT molecular complexity index is 552. The molecule has 0 aromatic heterocycles. The second-order valence-corrected chi connectivity index (χ2v) is 5.44. The summed E-state index contributed by atoms with van der Waals surface area (Å²) in [5.41, 5.74) is 1.77. The number of rotatable bonds is 6. The van der Waals surface area contributed by atoms with Crippen LogP contribution in [0.4, 0.5) is 5.69 Å². The number of benzene rings is 2. The van der Waals surface area contributed by atoms with Gasteiger partial charge in [0.05, 0.1) is 0 Å². The smallest absolute Gasteiger partial charge is 0.251 e. The van der Waals surface area contributed by atoms with E-state index in [1.807, 2.05) is 60.7 Å². The van der Waals surface area contributed by atoms with Crippen molar-refractivity contribution in [1.29, 1.82) is 0 Å². The molecule has 0 aliphatic rings. The van der Waals surface area contributed by atoms with E-state index in [4.69, 9.17) is 0 Å². The van der Waals surface area contributed by atoms with Crippen LogP contribution in [-0.4, -0.2) is 18.5 Å². The van der Waals surface area contributed by atoms with Crippen LogP contribution in [0.1, 0.15) is 24.2 Å². The van der Waals surface area contributed by atoms with Gasteiger partial charge in [0.1, 0.15) is 0 Å². The molecule has 3 nitrogen and oxygen atoms in total. The minimum Gasteiger partial charge on any atom is -0.380 e. The molecule has 0 fully saturated rings. The number of hydrogen-bond acceptors (Lipinski definition) is 2. The molecule has 0 aliphatic carbocycles. The lowest BCUT2D eigenvalue weighted by molar-refractivity contribution is 0.0950. The van der Waals surface area contributed by atoms with Crippen LogP contribution < -0.4 is 10.6 Å². The number of carbonyl (C=O) groups excluding carboxylic acids is 1. The van der Waals surface area contributed by atoms with Crippen molar-refractivity contribution >= 4 is 11.6 Å². The predicted molar refractivity (Wildman–Crippen MR) is 87.5 cm³/mol. The quantitative estimate of drug-likeness (QED) is 0.850. The molecule has 2 aromatic rings. The van der Waals surface area contributed by atoms with Gasteiger partial charge in [-0.3, -0.25) is 4.79 Å². The standard InChI is InChI=1S/C18H22N2O/c1-14(2)17(20-16-11-7-4-8-12-16)13-19-18(21)15-9-5-3-6-10-15/h3-12,14,17,20H,13H2,1-2H3,(H,19,21)/t17-/m0/s1. The van der Waals surface area contributed by atoms with E-state index in [1.54, 1.807) is 0 Å². The fraction of sp³-hybridized carbons (Fsp3) is 0.278. The van der Waals surface area contributed by atoms with Crippen LogP contribution in [0.3, 0.4) is 0 Å². The molecule has 0 heterocycles. The fourth-order valence-electron chi connectivity index (χ4n) is 2.10. The van der Waals surface area contributed by atoms with Gasteiger partial charge in [-0.15, -0.1) is 0 Å². The van der Waals surface area contributed by atoms with Crippen molar-refractivity contribution in [2.24, 2.45) is 5.92 Å². The number of carbonyl (C=O) groups is 1. The first kappa shape index (κ1) is 15.1. The summed E-state index contributed by atoms with van der Waals surface area (Å²) < 4.78 is 0. The van der Waals surface area contributed by atoms with Crippen molar-refractivity contribution in [3.05, 3.63) is 66.2 Å². The maximum Gasteiger partial charge on any atom is 0.251 e. The monoisotopic (exact) mass is 282 g/mol. The summed E-state index contributed by atoms with van der Waals surface area (Å²) >= 11 is 0. The summed E-state index contributed by atoms with van der Waals surface area (Å²) in [5, 5.41) is 6.47. The average Bonchev–Trinajstić information content (AvgIpc) is 2.52. The minimum absolute atomic E-state index is 0.0314. The van der Waals surface area contributed by atoms with Gasteiger partial charge < -0.3 is 10.6 Å². The Kier molecular flexibility index (Phi) is 5.38. The molecule has 0 spiro atoms. The van der Waals surface area contributed by atoms with Crippen molar-refractivity contribution in [3.8, 4) is 0 Å². The normalized spacial score (nSPS) is 12.0. The maximum atomic E-state index is 12.1. The topological polar surface area (TPSA) is 41.1 Å². The molecule has 2 rings (SSSR count). The van der Waals surface area contributed by atoms with E-state index in [2.05, 4.69) is 24.5 Å². The maximum absolute atomic E-state index is 12.1.